The summed E-state index contributed by atoms with van der Waals surface area (Å²) in [6, 6.07) is 14.0. The van der Waals surface area contributed by atoms with Crippen molar-refractivity contribution in [3.8, 4) is 23.5 Å². The van der Waals surface area contributed by atoms with Gasteiger partial charge in [0.2, 0.25) is 18.0 Å². The summed E-state index contributed by atoms with van der Waals surface area (Å²) in [6.07, 6.45) is 0.653. The Kier molecular flexibility index (Phi) is 6.97. The van der Waals surface area contributed by atoms with Crippen molar-refractivity contribution in [2.24, 2.45) is 0 Å². The first-order valence-corrected chi connectivity index (χ1v) is 11.8. The second kappa shape index (κ2) is 10.5. The van der Waals surface area contributed by atoms with Crippen LogP contribution in [-0.2, 0) is 11.2 Å². The van der Waals surface area contributed by atoms with Gasteiger partial charge in [0.25, 0.3) is 0 Å². The minimum Gasteiger partial charge on any atom is -0.467 e. The van der Waals surface area contributed by atoms with Crippen LogP contribution >= 0.6 is 11.6 Å². The van der Waals surface area contributed by atoms with Gasteiger partial charge in [-0.15, -0.1) is 4.98 Å². The Morgan fingerprint density at radius 2 is 1.78 bits per heavy atom. The smallest absolute Gasteiger partial charge is 0.323 e. The number of likely N-dealkylation sites (N-methyl/N-ethyl adjacent to an activating group) is 1. The van der Waals surface area contributed by atoms with Crippen LogP contribution in [0.3, 0.4) is 0 Å². The van der Waals surface area contributed by atoms with E-state index in [1.807, 2.05) is 30.3 Å². The third kappa shape index (κ3) is 4.95. The number of carbonyl (C=O) groups is 1. The third-order valence-electron chi connectivity index (χ3n) is 6.14. The molecule has 0 saturated heterocycles. The van der Waals surface area contributed by atoms with E-state index in [0.29, 0.717) is 6.42 Å². The first-order chi connectivity index (χ1) is 18.0. The number of ether oxygens (including phenoxy) is 4. The fourth-order valence-corrected chi connectivity index (χ4v) is 4.57. The van der Waals surface area contributed by atoms with Gasteiger partial charge in [0.1, 0.15) is 0 Å². The largest absolute Gasteiger partial charge is 0.467 e. The molecule has 6 rings (SSSR count). The summed E-state index contributed by atoms with van der Waals surface area (Å²) >= 11 is 5.49. The number of rotatable bonds is 4. The van der Waals surface area contributed by atoms with E-state index >= 15 is 0 Å². The van der Waals surface area contributed by atoms with Crippen molar-refractivity contribution in [2.75, 3.05) is 28.1 Å². The molecule has 0 aliphatic carbocycles. The average molecular weight is 525 g/mol. The van der Waals surface area contributed by atoms with E-state index in [9.17, 15) is 4.79 Å². The third-order valence-corrected chi connectivity index (χ3v) is 6.31. The van der Waals surface area contributed by atoms with E-state index in [2.05, 4.69) is 42.7 Å². The molecule has 0 radical (unpaired) electrons. The number of carbonyl (C=O) groups excluding carboxylic acids is 1. The number of hydrogen-bond donors (Lipinski definition) is 3. The number of amides is 1. The minimum absolute atomic E-state index is 0.00771. The van der Waals surface area contributed by atoms with E-state index in [1.165, 1.54) is 25.2 Å². The zero-order valence-electron chi connectivity index (χ0n) is 20.4. The van der Waals surface area contributed by atoms with Gasteiger partial charge in [-0.2, -0.15) is 9.97 Å². The number of H-pyrrole nitrogens is 1. The van der Waals surface area contributed by atoms with Crippen LogP contribution in [0.25, 0.3) is 10.9 Å². The van der Waals surface area contributed by atoms with Gasteiger partial charge in [0, 0.05) is 23.6 Å². The molecule has 2 aliphatic heterocycles. The van der Waals surface area contributed by atoms with Crippen molar-refractivity contribution in [1.29, 1.82) is 0 Å². The van der Waals surface area contributed by atoms with E-state index in [-0.39, 0.29) is 42.1 Å². The Balaban J connectivity index is 0.000000215. The van der Waals surface area contributed by atoms with Crippen LogP contribution in [0.5, 0.6) is 23.5 Å². The maximum absolute atomic E-state index is 12.4. The lowest BCUT2D eigenvalue weighted by molar-refractivity contribution is -0.122. The number of halogens is 1. The van der Waals surface area contributed by atoms with Crippen molar-refractivity contribution in [3.63, 3.8) is 0 Å². The van der Waals surface area contributed by atoms with Gasteiger partial charge >= 0.3 is 12.0 Å². The molecular formula is C25H25ClN6O5. The van der Waals surface area contributed by atoms with E-state index in [1.54, 1.807) is 7.05 Å². The van der Waals surface area contributed by atoms with Gasteiger partial charge in [-0.25, -0.2) is 0 Å². The molecule has 0 bridgehead atoms. The number of fused-ring (bicyclic) bond motifs is 4. The molecular weight excluding hydrogens is 500 g/mol. The Labute approximate surface area is 217 Å². The second-order valence-electron chi connectivity index (χ2n) is 8.22. The molecule has 0 saturated carbocycles. The molecule has 12 heteroatoms. The summed E-state index contributed by atoms with van der Waals surface area (Å²) in [5.41, 5.74) is 4.42. The predicted molar refractivity (Wildman–Crippen MR) is 135 cm³/mol. The summed E-state index contributed by atoms with van der Waals surface area (Å²) in [5, 5.41) is 7.47. The number of nitrogens with zero attached hydrogens (tertiary/aromatic N) is 3. The number of hydrogen-bond acceptors (Lipinski definition) is 9. The molecule has 2 aromatic heterocycles. The number of benzene rings is 2. The topological polar surface area (TPSA) is 133 Å². The van der Waals surface area contributed by atoms with Gasteiger partial charge in [0.15, 0.2) is 11.5 Å². The highest BCUT2D eigenvalue weighted by molar-refractivity contribution is 6.28. The van der Waals surface area contributed by atoms with Crippen LogP contribution in [-0.4, -0.2) is 59.9 Å². The van der Waals surface area contributed by atoms with Gasteiger partial charge in [-0.1, -0.05) is 24.3 Å². The second-order valence-corrected chi connectivity index (χ2v) is 8.56. The molecule has 0 spiro atoms. The zero-order chi connectivity index (χ0) is 25.9. The van der Waals surface area contributed by atoms with Gasteiger partial charge in [-0.3, -0.25) is 10.1 Å². The fourth-order valence-electron chi connectivity index (χ4n) is 4.43. The molecule has 2 atom stereocenters. The highest BCUT2D eigenvalue weighted by atomic mass is 35.5. The predicted octanol–water partition coefficient (Wildman–Crippen LogP) is 2.79. The van der Waals surface area contributed by atoms with Crippen molar-refractivity contribution in [2.45, 2.75) is 18.5 Å². The fraction of sp³-hybridized carbons (Fsp3) is 0.280. The Morgan fingerprint density at radius 3 is 2.51 bits per heavy atom. The van der Waals surface area contributed by atoms with E-state index < -0.39 is 0 Å². The summed E-state index contributed by atoms with van der Waals surface area (Å²) in [5.74, 6) is 1.49. The Morgan fingerprint density at radius 1 is 1.05 bits per heavy atom. The van der Waals surface area contributed by atoms with Gasteiger partial charge in [0.05, 0.1) is 26.3 Å². The lowest BCUT2D eigenvalue weighted by Gasteiger charge is -2.31. The van der Waals surface area contributed by atoms with Crippen molar-refractivity contribution in [3.05, 3.63) is 64.6 Å². The molecule has 1 amide bonds. The van der Waals surface area contributed by atoms with Gasteiger partial charge < -0.3 is 29.2 Å². The number of nitrogens with one attached hydrogen (secondary N) is 3. The van der Waals surface area contributed by atoms with Crippen molar-refractivity contribution >= 4 is 28.4 Å². The lowest BCUT2D eigenvalue weighted by Crippen LogP contribution is -2.49. The molecule has 4 heterocycles. The molecule has 3 N–H and O–H groups in total. The molecule has 4 aromatic rings. The van der Waals surface area contributed by atoms with Crippen LogP contribution < -0.4 is 29.6 Å². The minimum atomic E-state index is -0.290. The van der Waals surface area contributed by atoms with Gasteiger partial charge in [-0.05, 0) is 47.3 Å². The molecule has 11 nitrogen and oxygen atoms in total. The molecule has 0 fully saturated rings. The van der Waals surface area contributed by atoms with Crippen LogP contribution in [0, 0.1) is 0 Å². The summed E-state index contributed by atoms with van der Waals surface area (Å²) in [6.45, 7) is 0.245. The number of aromatic nitrogens is 4. The zero-order valence-corrected chi connectivity index (χ0v) is 21.1. The van der Waals surface area contributed by atoms with Crippen LogP contribution in [0.1, 0.15) is 22.9 Å². The van der Waals surface area contributed by atoms with E-state index in [4.69, 9.17) is 30.5 Å². The van der Waals surface area contributed by atoms with Crippen LogP contribution in [0.4, 0.5) is 0 Å². The molecule has 0 unspecified atom stereocenters. The monoisotopic (exact) mass is 524 g/mol. The maximum atomic E-state index is 12.4. The summed E-state index contributed by atoms with van der Waals surface area (Å²) in [4.78, 5) is 26.9. The number of para-hydroxylation sites is 1. The Bertz CT molecular complexity index is 1420. The first kappa shape index (κ1) is 24.6. The highest BCUT2D eigenvalue weighted by Crippen LogP contribution is 2.39. The van der Waals surface area contributed by atoms with Crippen molar-refractivity contribution < 1.29 is 23.7 Å². The Hall–Kier alpha value is -4.09. The number of aromatic amines is 1. The van der Waals surface area contributed by atoms with E-state index in [0.717, 1.165) is 28.3 Å². The highest BCUT2D eigenvalue weighted by Gasteiger charge is 2.34. The van der Waals surface area contributed by atoms with Crippen LogP contribution in [0.2, 0.25) is 5.28 Å². The quantitative estimate of drug-likeness (QED) is 0.368. The number of methoxy groups -OCH3 is 2. The maximum Gasteiger partial charge on any atom is 0.323 e. The summed E-state index contributed by atoms with van der Waals surface area (Å²) < 4.78 is 20.4. The SMILES string of the molecule is CNC(=O)[C@H]1Cc2c([nH]c3ccccc23)[C@@H](c2ccc3c(c2)OCO3)N1.COc1nc(Cl)nc(OC)n1. The molecule has 192 valence electrons. The van der Waals surface area contributed by atoms with Crippen molar-refractivity contribution in [1.82, 2.24) is 30.6 Å². The standard InChI is InChI=1S/C20H19N3O3.C5H6ClN3O2/c1-21-20(24)15-9-13-12-4-2-3-5-14(12)22-19(13)18(23-15)11-6-7-16-17(8-11)26-10-25-16;1-10-4-7-3(6)8-5(9-4)11-2/h2-8,15,18,22-23H,9-10H2,1H3,(H,21,24);1-2H3/t15-,18-;/m1./s1. The lowest BCUT2D eigenvalue weighted by atomic mass is 9.90. The summed E-state index contributed by atoms with van der Waals surface area (Å²) in [7, 11) is 4.54. The normalized spacial score (nSPS) is 17.4. The molecule has 2 aromatic carbocycles. The molecule has 2 aliphatic rings. The van der Waals surface area contributed by atoms with Crippen LogP contribution in [0.15, 0.2) is 42.5 Å². The first-order valence-electron chi connectivity index (χ1n) is 11.5. The molecule has 37 heavy (non-hydrogen) atoms. The average Bonchev–Trinajstić information content (AvgIpc) is 3.56.